The van der Waals surface area contributed by atoms with Crippen molar-refractivity contribution >= 4 is 0 Å². The highest BCUT2D eigenvalue weighted by Gasteiger charge is 2.14. The van der Waals surface area contributed by atoms with Crippen LogP contribution in [0.2, 0.25) is 0 Å². The molecule has 5 heteroatoms. The summed E-state index contributed by atoms with van der Waals surface area (Å²) in [6.07, 6.45) is -2.77. The highest BCUT2D eigenvalue weighted by Crippen LogP contribution is 2.19. The molecule has 0 aromatic carbocycles. The van der Waals surface area contributed by atoms with Crippen molar-refractivity contribution in [2.24, 2.45) is 0 Å². The largest absolute Gasteiger partial charge is 0.392 e. The Kier molecular flexibility index (Phi) is 2.77. The molecule has 0 unspecified atom stereocenters. The maximum Gasteiger partial charge on any atom is 0.278 e. The molecule has 0 aliphatic heterocycles. The third-order valence-corrected chi connectivity index (χ3v) is 1.73. The van der Waals surface area contributed by atoms with Gasteiger partial charge < -0.3 is 10.1 Å². The number of aromatic nitrogens is 1. The van der Waals surface area contributed by atoms with Crippen LogP contribution in [-0.2, 0) is 6.61 Å². The van der Waals surface area contributed by atoms with Crippen molar-refractivity contribution in [2.45, 2.75) is 20.0 Å². The van der Waals surface area contributed by atoms with E-state index >= 15 is 0 Å². The second kappa shape index (κ2) is 3.66. The quantitative estimate of drug-likeness (QED) is 0.732. The van der Waals surface area contributed by atoms with Crippen LogP contribution in [0.4, 0.5) is 8.78 Å². The molecule has 2 N–H and O–H groups in total. The molecule has 1 aromatic heterocycles. The van der Waals surface area contributed by atoms with E-state index in [0.29, 0.717) is 5.56 Å². The van der Waals surface area contributed by atoms with E-state index in [2.05, 4.69) is 0 Å². The Labute approximate surface area is 73.0 Å². The average molecular weight is 189 g/mol. The molecule has 1 aromatic rings. The van der Waals surface area contributed by atoms with Crippen molar-refractivity contribution in [3.05, 3.63) is 33.2 Å². The standard InChI is InChI=1S/C8H9F2NO2/c1-4-2-5(3-12)6(7(9)10)11-8(4)13/h2,7,12H,3H2,1H3,(H,11,13). The van der Waals surface area contributed by atoms with Gasteiger partial charge in [-0.05, 0) is 13.0 Å². The predicted octanol–water partition coefficient (Wildman–Crippen LogP) is 1.11. The van der Waals surface area contributed by atoms with Crippen LogP contribution in [0.3, 0.4) is 0 Å². The van der Waals surface area contributed by atoms with Gasteiger partial charge >= 0.3 is 0 Å². The maximum absolute atomic E-state index is 12.2. The number of alkyl halides is 2. The molecule has 3 nitrogen and oxygen atoms in total. The number of halogens is 2. The van der Waals surface area contributed by atoms with Crippen molar-refractivity contribution in [1.29, 1.82) is 0 Å². The molecule has 0 saturated heterocycles. The zero-order valence-electron chi connectivity index (χ0n) is 6.97. The van der Waals surface area contributed by atoms with Gasteiger partial charge in [-0.1, -0.05) is 0 Å². The predicted molar refractivity (Wildman–Crippen MR) is 42.7 cm³/mol. The normalized spacial score (nSPS) is 10.8. The minimum absolute atomic E-state index is 0.0621. The first-order valence-corrected chi connectivity index (χ1v) is 3.68. The van der Waals surface area contributed by atoms with Crippen LogP contribution >= 0.6 is 0 Å². The van der Waals surface area contributed by atoms with Crippen LogP contribution in [0, 0.1) is 6.92 Å². The molecule has 1 heterocycles. The molecule has 72 valence electrons. The van der Waals surface area contributed by atoms with E-state index < -0.39 is 24.3 Å². The summed E-state index contributed by atoms with van der Waals surface area (Å²) in [6, 6.07) is 1.26. The van der Waals surface area contributed by atoms with Gasteiger partial charge in [0.25, 0.3) is 12.0 Å². The molecular formula is C8H9F2NO2. The van der Waals surface area contributed by atoms with E-state index in [0.717, 1.165) is 0 Å². The summed E-state index contributed by atoms with van der Waals surface area (Å²) in [4.78, 5) is 13.0. The molecule has 0 bridgehead atoms. The summed E-state index contributed by atoms with van der Waals surface area (Å²) in [6.45, 7) is 0.991. The first-order valence-electron chi connectivity index (χ1n) is 3.68. The Hall–Kier alpha value is -1.23. The van der Waals surface area contributed by atoms with E-state index in [-0.39, 0.29) is 5.56 Å². The highest BCUT2D eigenvalue weighted by molar-refractivity contribution is 5.24. The summed E-state index contributed by atoms with van der Waals surface area (Å²) >= 11 is 0. The Balaban J connectivity index is 3.33. The summed E-state index contributed by atoms with van der Waals surface area (Å²) in [5, 5.41) is 8.73. The van der Waals surface area contributed by atoms with E-state index in [1.54, 1.807) is 0 Å². The van der Waals surface area contributed by atoms with Crippen molar-refractivity contribution in [1.82, 2.24) is 4.98 Å². The van der Waals surface area contributed by atoms with Crippen LogP contribution in [0.25, 0.3) is 0 Å². The topological polar surface area (TPSA) is 53.1 Å². The number of pyridine rings is 1. The number of nitrogens with one attached hydrogen (secondary N) is 1. The first kappa shape index (κ1) is 9.85. The zero-order chi connectivity index (χ0) is 10.0. The van der Waals surface area contributed by atoms with Gasteiger partial charge in [0.2, 0.25) is 0 Å². The average Bonchev–Trinajstić information content (AvgIpc) is 2.08. The maximum atomic E-state index is 12.2. The van der Waals surface area contributed by atoms with Crippen molar-refractivity contribution < 1.29 is 13.9 Å². The molecule has 0 aliphatic rings. The fraction of sp³-hybridized carbons (Fsp3) is 0.375. The lowest BCUT2D eigenvalue weighted by atomic mass is 10.1. The smallest absolute Gasteiger partial charge is 0.278 e. The highest BCUT2D eigenvalue weighted by atomic mass is 19.3. The number of rotatable bonds is 2. The van der Waals surface area contributed by atoms with Gasteiger partial charge in [0.15, 0.2) is 0 Å². The molecular weight excluding hydrogens is 180 g/mol. The first-order chi connectivity index (χ1) is 6.06. The van der Waals surface area contributed by atoms with E-state index in [9.17, 15) is 13.6 Å². The molecule has 1 rings (SSSR count). The van der Waals surface area contributed by atoms with E-state index in [1.165, 1.54) is 13.0 Å². The fourth-order valence-electron chi connectivity index (χ4n) is 1.03. The monoisotopic (exact) mass is 189 g/mol. The van der Waals surface area contributed by atoms with Crippen LogP contribution in [0.5, 0.6) is 0 Å². The summed E-state index contributed by atoms with van der Waals surface area (Å²) in [5.41, 5.74) is -0.675. The second-order valence-corrected chi connectivity index (χ2v) is 2.68. The van der Waals surface area contributed by atoms with E-state index in [1.807, 2.05) is 4.98 Å². The zero-order valence-corrected chi connectivity index (χ0v) is 6.97. The lowest BCUT2D eigenvalue weighted by Crippen LogP contribution is -2.14. The van der Waals surface area contributed by atoms with Gasteiger partial charge in [-0.15, -0.1) is 0 Å². The van der Waals surface area contributed by atoms with Gasteiger partial charge in [0, 0.05) is 11.1 Å². The molecule has 0 aliphatic carbocycles. The van der Waals surface area contributed by atoms with Gasteiger partial charge in [0.05, 0.1) is 12.3 Å². The summed E-state index contributed by atoms with van der Waals surface area (Å²) < 4.78 is 24.5. The fourth-order valence-corrected chi connectivity index (χ4v) is 1.03. The Morgan fingerprint density at radius 3 is 2.69 bits per heavy atom. The third kappa shape index (κ3) is 1.92. The Morgan fingerprint density at radius 1 is 1.62 bits per heavy atom. The Morgan fingerprint density at radius 2 is 2.23 bits per heavy atom. The van der Waals surface area contributed by atoms with Crippen LogP contribution in [0.15, 0.2) is 10.9 Å². The molecule has 13 heavy (non-hydrogen) atoms. The lowest BCUT2D eigenvalue weighted by Gasteiger charge is -2.06. The van der Waals surface area contributed by atoms with Gasteiger partial charge in [-0.3, -0.25) is 4.79 Å². The molecule has 0 spiro atoms. The summed E-state index contributed by atoms with van der Waals surface area (Å²) in [5.74, 6) is 0. The van der Waals surface area contributed by atoms with Crippen molar-refractivity contribution in [2.75, 3.05) is 0 Å². The van der Waals surface area contributed by atoms with Crippen LogP contribution in [-0.4, -0.2) is 10.1 Å². The number of aryl methyl sites for hydroxylation is 1. The molecule has 0 fully saturated rings. The molecule has 0 amide bonds. The second-order valence-electron chi connectivity index (χ2n) is 2.68. The SMILES string of the molecule is Cc1cc(CO)c(C(F)F)[nH]c1=O. The van der Waals surface area contributed by atoms with Crippen LogP contribution in [0.1, 0.15) is 23.2 Å². The number of H-pyrrole nitrogens is 1. The van der Waals surface area contributed by atoms with Crippen molar-refractivity contribution in [3.63, 3.8) is 0 Å². The summed E-state index contributed by atoms with van der Waals surface area (Å²) in [7, 11) is 0. The van der Waals surface area contributed by atoms with E-state index in [4.69, 9.17) is 5.11 Å². The number of hydrogen-bond donors (Lipinski definition) is 2. The minimum Gasteiger partial charge on any atom is -0.392 e. The molecule has 0 radical (unpaired) electrons. The molecule has 0 saturated carbocycles. The minimum atomic E-state index is -2.77. The van der Waals surface area contributed by atoms with Crippen LogP contribution < -0.4 is 5.56 Å². The number of hydrogen-bond acceptors (Lipinski definition) is 2. The number of aromatic amines is 1. The molecule has 0 atom stereocenters. The van der Waals surface area contributed by atoms with Gasteiger partial charge in [-0.25, -0.2) is 8.78 Å². The Bertz CT molecular complexity index is 360. The number of aliphatic hydroxyl groups excluding tert-OH is 1. The lowest BCUT2D eigenvalue weighted by molar-refractivity contribution is 0.141. The number of aliphatic hydroxyl groups is 1. The van der Waals surface area contributed by atoms with Gasteiger partial charge in [-0.2, -0.15) is 0 Å². The van der Waals surface area contributed by atoms with Crippen molar-refractivity contribution in [3.8, 4) is 0 Å². The van der Waals surface area contributed by atoms with Gasteiger partial charge in [0.1, 0.15) is 0 Å². The third-order valence-electron chi connectivity index (χ3n) is 1.73.